The van der Waals surface area contributed by atoms with Crippen LogP contribution in [0.3, 0.4) is 0 Å². The highest BCUT2D eigenvalue weighted by Crippen LogP contribution is 2.14. The van der Waals surface area contributed by atoms with Crippen LogP contribution in [0.5, 0.6) is 5.75 Å². The average molecular weight is 350 g/mol. The zero-order valence-electron chi connectivity index (χ0n) is 14.2. The fourth-order valence-corrected chi connectivity index (χ4v) is 2.36. The number of carbonyl (C=O) groups is 1. The molecule has 0 spiro atoms. The number of para-hydroxylation sites is 1. The third kappa shape index (κ3) is 4.07. The van der Waals surface area contributed by atoms with E-state index in [1.165, 1.54) is 17.0 Å². The van der Waals surface area contributed by atoms with Gasteiger partial charge in [-0.05, 0) is 43.3 Å². The van der Waals surface area contributed by atoms with Crippen molar-refractivity contribution in [1.29, 1.82) is 0 Å². The van der Waals surface area contributed by atoms with Crippen molar-refractivity contribution in [1.82, 2.24) is 9.55 Å². The van der Waals surface area contributed by atoms with Gasteiger partial charge in [-0.3, -0.25) is 14.7 Å². The summed E-state index contributed by atoms with van der Waals surface area (Å²) in [4.78, 5) is 28.6. The normalized spacial score (nSPS) is 10.2. The Hall–Kier alpha value is -3.61. The lowest BCUT2D eigenvalue weighted by Crippen LogP contribution is -2.28. The lowest BCUT2D eigenvalue weighted by Gasteiger charge is -2.10. The fraction of sp³-hybridized carbons (Fsp3) is 0.105. The third-order valence-electron chi connectivity index (χ3n) is 3.53. The SMILES string of the molecule is CCOc1ccc(-n2ccnc(NC(=O)Nc3ccccc3)c2=O)cc1. The Morgan fingerprint density at radius 3 is 2.50 bits per heavy atom. The molecule has 7 heteroatoms. The third-order valence-corrected chi connectivity index (χ3v) is 3.53. The molecule has 1 heterocycles. The molecule has 0 aliphatic heterocycles. The van der Waals surface area contributed by atoms with Crippen LogP contribution in [0.15, 0.2) is 71.8 Å². The second-order valence-electron chi connectivity index (χ2n) is 5.32. The van der Waals surface area contributed by atoms with Crippen LogP contribution in [0.2, 0.25) is 0 Å². The number of aromatic nitrogens is 2. The maximum absolute atomic E-state index is 12.6. The molecule has 3 rings (SSSR count). The lowest BCUT2D eigenvalue weighted by atomic mass is 10.3. The molecule has 0 saturated carbocycles. The number of amides is 2. The van der Waals surface area contributed by atoms with Crippen molar-refractivity contribution in [2.75, 3.05) is 17.2 Å². The predicted molar refractivity (Wildman–Crippen MR) is 100 cm³/mol. The highest BCUT2D eigenvalue weighted by Gasteiger charge is 2.10. The van der Waals surface area contributed by atoms with E-state index in [0.717, 1.165) is 5.75 Å². The van der Waals surface area contributed by atoms with E-state index in [9.17, 15) is 9.59 Å². The number of anilines is 2. The van der Waals surface area contributed by atoms with Gasteiger partial charge in [0, 0.05) is 23.8 Å². The fourth-order valence-electron chi connectivity index (χ4n) is 2.36. The molecule has 26 heavy (non-hydrogen) atoms. The number of benzene rings is 2. The minimum atomic E-state index is -0.537. The van der Waals surface area contributed by atoms with Gasteiger partial charge in [-0.1, -0.05) is 18.2 Å². The molecule has 132 valence electrons. The van der Waals surface area contributed by atoms with Crippen LogP contribution in [0.25, 0.3) is 5.69 Å². The zero-order valence-corrected chi connectivity index (χ0v) is 14.2. The van der Waals surface area contributed by atoms with Gasteiger partial charge >= 0.3 is 6.03 Å². The van der Waals surface area contributed by atoms with E-state index in [1.54, 1.807) is 48.5 Å². The summed E-state index contributed by atoms with van der Waals surface area (Å²) in [5, 5.41) is 5.12. The monoisotopic (exact) mass is 350 g/mol. The summed E-state index contributed by atoms with van der Waals surface area (Å²) in [5.41, 5.74) is 0.833. The van der Waals surface area contributed by atoms with Gasteiger partial charge in [0.2, 0.25) is 5.82 Å². The molecule has 0 aliphatic rings. The van der Waals surface area contributed by atoms with Crippen LogP contribution in [0.1, 0.15) is 6.92 Å². The molecule has 0 unspecified atom stereocenters. The molecule has 7 nitrogen and oxygen atoms in total. The van der Waals surface area contributed by atoms with Crippen LogP contribution in [0, 0.1) is 0 Å². The van der Waals surface area contributed by atoms with Gasteiger partial charge in [-0.15, -0.1) is 0 Å². The van der Waals surface area contributed by atoms with Gasteiger partial charge in [0.15, 0.2) is 0 Å². The Labute approximate surface area is 150 Å². The lowest BCUT2D eigenvalue weighted by molar-refractivity contribution is 0.262. The molecule has 0 fully saturated rings. The molecule has 0 bridgehead atoms. The summed E-state index contributed by atoms with van der Waals surface area (Å²) in [6.07, 6.45) is 2.99. The highest BCUT2D eigenvalue weighted by atomic mass is 16.5. The standard InChI is InChI=1S/C19H18N4O3/c1-2-26-16-10-8-15(9-11-16)23-13-12-20-17(18(23)24)22-19(25)21-14-6-4-3-5-7-14/h3-13H,2H2,1H3,(H2,20,21,22,25). The summed E-state index contributed by atoms with van der Waals surface area (Å²) in [5.74, 6) is 0.661. The van der Waals surface area contributed by atoms with E-state index in [4.69, 9.17) is 4.74 Å². The van der Waals surface area contributed by atoms with Crippen LogP contribution < -0.4 is 20.9 Å². The number of rotatable bonds is 5. The number of urea groups is 1. The van der Waals surface area contributed by atoms with Crippen molar-refractivity contribution in [3.63, 3.8) is 0 Å². The van der Waals surface area contributed by atoms with E-state index in [0.29, 0.717) is 18.0 Å². The van der Waals surface area contributed by atoms with Gasteiger partial charge < -0.3 is 10.1 Å². The van der Waals surface area contributed by atoms with E-state index >= 15 is 0 Å². The van der Waals surface area contributed by atoms with Crippen molar-refractivity contribution in [2.24, 2.45) is 0 Å². The molecule has 0 aliphatic carbocycles. The van der Waals surface area contributed by atoms with Crippen molar-refractivity contribution in [3.05, 3.63) is 77.3 Å². The first-order valence-corrected chi connectivity index (χ1v) is 8.11. The molecule has 2 N–H and O–H groups in total. The minimum absolute atomic E-state index is 0.0604. The Balaban J connectivity index is 1.78. The topological polar surface area (TPSA) is 85.2 Å². The average Bonchev–Trinajstić information content (AvgIpc) is 2.65. The molecular weight excluding hydrogens is 332 g/mol. The van der Waals surface area contributed by atoms with Crippen molar-refractivity contribution in [2.45, 2.75) is 6.92 Å². The van der Waals surface area contributed by atoms with Crippen molar-refractivity contribution < 1.29 is 9.53 Å². The molecule has 3 aromatic rings. The largest absolute Gasteiger partial charge is 0.494 e. The van der Waals surface area contributed by atoms with Gasteiger partial charge in [0.1, 0.15) is 5.75 Å². The van der Waals surface area contributed by atoms with Crippen LogP contribution in [-0.2, 0) is 0 Å². The predicted octanol–water partition coefficient (Wildman–Crippen LogP) is 3.28. The summed E-state index contributed by atoms with van der Waals surface area (Å²) in [6, 6.07) is 15.5. The number of ether oxygens (including phenoxy) is 1. The zero-order chi connectivity index (χ0) is 18.4. The minimum Gasteiger partial charge on any atom is -0.494 e. The van der Waals surface area contributed by atoms with Crippen molar-refractivity contribution in [3.8, 4) is 11.4 Å². The Bertz CT molecular complexity index is 937. The molecule has 0 atom stereocenters. The first-order chi connectivity index (χ1) is 12.7. The van der Waals surface area contributed by atoms with Gasteiger partial charge in [-0.25, -0.2) is 9.78 Å². The van der Waals surface area contributed by atoms with E-state index < -0.39 is 11.6 Å². The Morgan fingerprint density at radius 2 is 1.81 bits per heavy atom. The van der Waals surface area contributed by atoms with E-state index in [2.05, 4.69) is 15.6 Å². The number of nitrogens with zero attached hydrogens (tertiary/aromatic N) is 2. The molecule has 0 radical (unpaired) electrons. The van der Waals surface area contributed by atoms with Gasteiger partial charge in [-0.2, -0.15) is 0 Å². The second-order valence-corrected chi connectivity index (χ2v) is 5.32. The summed E-state index contributed by atoms with van der Waals surface area (Å²) in [7, 11) is 0. The van der Waals surface area contributed by atoms with Crippen LogP contribution in [0.4, 0.5) is 16.3 Å². The molecule has 0 saturated heterocycles. The first kappa shape index (κ1) is 17.2. The molecule has 2 amide bonds. The number of hydrogen-bond acceptors (Lipinski definition) is 4. The molecular formula is C19H18N4O3. The number of carbonyl (C=O) groups excluding carboxylic acids is 1. The summed E-state index contributed by atoms with van der Waals surface area (Å²) in [6.45, 7) is 2.47. The van der Waals surface area contributed by atoms with Gasteiger partial charge in [0.05, 0.1) is 6.61 Å². The maximum Gasteiger partial charge on any atom is 0.325 e. The smallest absolute Gasteiger partial charge is 0.325 e. The summed E-state index contributed by atoms with van der Waals surface area (Å²) < 4.78 is 6.80. The van der Waals surface area contributed by atoms with Crippen LogP contribution >= 0.6 is 0 Å². The van der Waals surface area contributed by atoms with E-state index in [1.807, 2.05) is 13.0 Å². The number of nitrogens with one attached hydrogen (secondary N) is 2. The van der Waals surface area contributed by atoms with Crippen LogP contribution in [-0.4, -0.2) is 22.2 Å². The summed E-state index contributed by atoms with van der Waals surface area (Å²) >= 11 is 0. The first-order valence-electron chi connectivity index (χ1n) is 8.11. The maximum atomic E-state index is 12.6. The molecule has 2 aromatic carbocycles. The Morgan fingerprint density at radius 1 is 1.08 bits per heavy atom. The highest BCUT2D eigenvalue weighted by molar-refractivity contribution is 5.98. The quantitative estimate of drug-likeness (QED) is 0.739. The number of hydrogen-bond donors (Lipinski definition) is 2. The second kappa shape index (κ2) is 7.98. The van der Waals surface area contributed by atoms with E-state index in [-0.39, 0.29) is 5.82 Å². The van der Waals surface area contributed by atoms with Gasteiger partial charge in [0.25, 0.3) is 5.56 Å². The van der Waals surface area contributed by atoms with Crippen molar-refractivity contribution >= 4 is 17.5 Å². The Kier molecular flexibility index (Phi) is 5.28. The molecule has 1 aromatic heterocycles.